The van der Waals surface area contributed by atoms with Gasteiger partial charge in [-0.15, -0.1) is 0 Å². The molecule has 0 fully saturated rings. The van der Waals surface area contributed by atoms with Gasteiger partial charge in [0.1, 0.15) is 33.0 Å². The topological polar surface area (TPSA) is 168 Å². The van der Waals surface area contributed by atoms with E-state index < -0.39 is 30.1 Å². The molecule has 3 N–H and O–H groups in total. The van der Waals surface area contributed by atoms with Crippen LogP contribution in [-0.2, 0) is 71.1 Å². The summed E-state index contributed by atoms with van der Waals surface area (Å²) in [7, 11) is 1.82. The smallest absolute Gasteiger partial charge is 0.411 e. The zero-order chi connectivity index (χ0) is 32.8. The van der Waals surface area contributed by atoms with E-state index in [-0.39, 0.29) is 38.7 Å². The van der Waals surface area contributed by atoms with Crippen molar-refractivity contribution in [2.75, 3.05) is 23.0 Å². The molecular formula is C32H35N3O10. The molecule has 2 amide bonds. The Bertz CT molecular complexity index is 1470. The largest absolute Gasteiger partial charge is 0.461 e. The fraction of sp³-hybridized carbons (Fsp3) is 0.281. The SMILES string of the molecule is CNc1ccc(COC(=O)Nc2ccc(COC(=O)Nc3c(COC(C)=O)cc(COC(C)=O)cc3COC(C)=O)cc2)cc1. The molecule has 3 aromatic rings. The summed E-state index contributed by atoms with van der Waals surface area (Å²) in [6.45, 7) is 3.20. The lowest BCUT2D eigenvalue weighted by Crippen LogP contribution is -2.18. The molecule has 0 aliphatic carbocycles. The van der Waals surface area contributed by atoms with Crippen molar-refractivity contribution in [1.29, 1.82) is 0 Å². The van der Waals surface area contributed by atoms with Gasteiger partial charge >= 0.3 is 30.1 Å². The number of amides is 2. The van der Waals surface area contributed by atoms with Crippen molar-refractivity contribution >= 4 is 47.2 Å². The number of rotatable bonds is 13. The van der Waals surface area contributed by atoms with Crippen molar-refractivity contribution in [3.8, 4) is 0 Å². The first-order valence-corrected chi connectivity index (χ1v) is 13.8. The third-order valence-electron chi connectivity index (χ3n) is 6.08. The van der Waals surface area contributed by atoms with Crippen LogP contribution in [0, 0.1) is 0 Å². The molecule has 0 spiro atoms. The number of esters is 3. The number of carbonyl (C=O) groups is 5. The van der Waals surface area contributed by atoms with E-state index in [1.165, 1.54) is 20.8 Å². The highest BCUT2D eigenvalue weighted by atomic mass is 16.6. The Morgan fingerprint density at radius 1 is 0.511 bits per heavy atom. The summed E-state index contributed by atoms with van der Waals surface area (Å²) in [5, 5.41) is 8.29. The number of benzene rings is 3. The number of nitrogens with one attached hydrogen (secondary N) is 3. The normalized spacial score (nSPS) is 10.2. The summed E-state index contributed by atoms with van der Waals surface area (Å²) >= 11 is 0. The summed E-state index contributed by atoms with van der Waals surface area (Å²) in [5.74, 6) is -1.61. The average Bonchev–Trinajstić information content (AvgIpc) is 3.01. The quantitative estimate of drug-likeness (QED) is 0.165. The van der Waals surface area contributed by atoms with E-state index >= 15 is 0 Å². The van der Waals surface area contributed by atoms with Crippen LogP contribution in [0.5, 0.6) is 0 Å². The molecule has 0 aromatic heterocycles. The summed E-state index contributed by atoms with van der Waals surface area (Å²) < 4.78 is 26.0. The second kappa shape index (κ2) is 16.9. The van der Waals surface area contributed by atoms with Crippen LogP contribution in [0.4, 0.5) is 26.7 Å². The molecule has 0 radical (unpaired) electrons. The van der Waals surface area contributed by atoms with Gasteiger partial charge in [-0.25, -0.2) is 9.59 Å². The fourth-order valence-corrected chi connectivity index (χ4v) is 3.90. The zero-order valence-electron chi connectivity index (χ0n) is 25.4. The van der Waals surface area contributed by atoms with Crippen LogP contribution in [0.15, 0.2) is 60.7 Å². The predicted octanol–water partition coefficient (Wildman–Crippen LogP) is 5.42. The van der Waals surface area contributed by atoms with E-state index in [1.807, 2.05) is 31.3 Å². The van der Waals surface area contributed by atoms with Gasteiger partial charge < -0.3 is 29.0 Å². The van der Waals surface area contributed by atoms with Gasteiger partial charge in [0.2, 0.25) is 0 Å². The Morgan fingerprint density at radius 3 is 1.36 bits per heavy atom. The standard InChI is InChI=1S/C32H35N3O10/c1-20(36)41-17-25-13-26(18-42-21(2)37)30(27(14-25)19-43-22(3)38)35-32(40)45-16-24-7-11-29(12-8-24)34-31(39)44-15-23-5-9-28(33-4)10-6-23/h5-14,33H,15-19H2,1-4H3,(H,34,39)(H,35,40). The number of hydrogen-bond donors (Lipinski definition) is 3. The van der Waals surface area contributed by atoms with Crippen molar-refractivity contribution in [3.05, 3.63) is 88.5 Å². The molecule has 0 saturated heterocycles. The van der Waals surface area contributed by atoms with Crippen LogP contribution in [0.1, 0.15) is 48.6 Å². The van der Waals surface area contributed by atoms with E-state index in [4.69, 9.17) is 23.7 Å². The van der Waals surface area contributed by atoms with Crippen LogP contribution in [0.3, 0.4) is 0 Å². The molecule has 0 atom stereocenters. The summed E-state index contributed by atoms with van der Waals surface area (Å²) in [4.78, 5) is 59.3. The number of anilines is 3. The van der Waals surface area contributed by atoms with Gasteiger partial charge in [0, 0.05) is 50.3 Å². The van der Waals surface area contributed by atoms with Crippen molar-refractivity contribution < 1.29 is 47.7 Å². The molecule has 3 aromatic carbocycles. The van der Waals surface area contributed by atoms with Gasteiger partial charge in [-0.1, -0.05) is 24.3 Å². The molecule has 0 unspecified atom stereocenters. The van der Waals surface area contributed by atoms with Gasteiger partial charge in [-0.05, 0) is 53.1 Å². The van der Waals surface area contributed by atoms with E-state index in [9.17, 15) is 24.0 Å². The summed E-state index contributed by atoms with van der Waals surface area (Å²) in [6, 6.07) is 17.3. The highest BCUT2D eigenvalue weighted by molar-refractivity contribution is 5.87. The second-order valence-corrected chi connectivity index (χ2v) is 9.68. The highest BCUT2D eigenvalue weighted by Gasteiger charge is 2.18. The highest BCUT2D eigenvalue weighted by Crippen LogP contribution is 2.27. The minimum absolute atomic E-state index is 0.0898. The van der Waals surface area contributed by atoms with Gasteiger partial charge in [0.25, 0.3) is 0 Å². The Morgan fingerprint density at radius 2 is 0.911 bits per heavy atom. The Labute approximate surface area is 260 Å². The van der Waals surface area contributed by atoms with E-state index in [0.29, 0.717) is 27.9 Å². The third kappa shape index (κ3) is 11.9. The van der Waals surface area contributed by atoms with Gasteiger partial charge in [-0.3, -0.25) is 25.0 Å². The number of hydrogen-bond acceptors (Lipinski definition) is 11. The first kappa shape index (κ1) is 33.9. The molecule has 13 heteroatoms. The van der Waals surface area contributed by atoms with Crippen LogP contribution < -0.4 is 16.0 Å². The minimum Gasteiger partial charge on any atom is -0.461 e. The van der Waals surface area contributed by atoms with Crippen molar-refractivity contribution in [2.24, 2.45) is 0 Å². The lowest BCUT2D eigenvalue weighted by Gasteiger charge is -2.18. The molecule has 0 heterocycles. The molecule has 0 bridgehead atoms. The lowest BCUT2D eigenvalue weighted by molar-refractivity contribution is -0.142. The van der Waals surface area contributed by atoms with E-state index in [0.717, 1.165) is 11.3 Å². The fourth-order valence-electron chi connectivity index (χ4n) is 3.90. The van der Waals surface area contributed by atoms with Crippen molar-refractivity contribution in [1.82, 2.24) is 0 Å². The second-order valence-electron chi connectivity index (χ2n) is 9.68. The molecule has 0 saturated carbocycles. The molecule has 0 aliphatic rings. The summed E-state index contributed by atoms with van der Waals surface area (Å²) in [5.41, 5.74) is 4.37. The molecule has 3 rings (SSSR count). The van der Waals surface area contributed by atoms with E-state index in [2.05, 4.69) is 16.0 Å². The van der Waals surface area contributed by atoms with Crippen molar-refractivity contribution in [2.45, 2.75) is 53.8 Å². The predicted molar refractivity (Wildman–Crippen MR) is 163 cm³/mol. The summed E-state index contributed by atoms with van der Waals surface area (Å²) in [6.07, 6.45) is -1.45. The van der Waals surface area contributed by atoms with Gasteiger partial charge in [-0.2, -0.15) is 0 Å². The maximum atomic E-state index is 12.8. The Kier molecular flexibility index (Phi) is 12.7. The molecular weight excluding hydrogens is 586 g/mol. The van der Waals surface area contributed by atoms with E-state index in [1.54, 1.807) is 36.4 Å². The lowest BCUT2D eigenvalue weighted by atomic mass is 10.0. The van der Waals surface area contributed by atoms with Gasteiger partial charge in [0.05, 0.1) is 5.69 Å². The van der Waals surface area contributed by atoms with Crippen LogP contribution in [0.25, 0.3) is 0 Å². The number of carbonyl (C=O) groups excluding carboxylic acids is 5. The molecule has 238 valence electrons. The monoisotopic (exact) mass is 621 g/mol. The van der Waals surface area contributed by atoms with Crippen LogP contribution >= 0.6 is 0 Å². The molecule has 0 aliphatic heterocycles. The minimum atomic E-state index is -0.829. The van der Waals surface area contributed by atoms with Crippen LogP contribution in [-0.4, -0.2) is 37.1 Å². The van der Waals surface area contributed by atoms with Gasteiger partial charge in [0.15, 0.2) is 0 Å². The molecule has 13 nitrogen and oxygen atoms in total. The first-order valence-electron chi connectivity index (χ1n) is 13.8. The Balaban J connectivity index is 1.62. The zero-order valence-corrected chi connectivity index (χ0v) is 25.4. The average molecular weight is 622 g/mol. The maximum absolute atomic E-state index is 12.8. The number of ether oxygens (including phenoxy) is 5. The van der Waals surface area contributed by atoms with Crippen molar-refractivity contribution in [3.63, 3.8) is 0 Å². The van der Waals surface area contributed by atoms with Crippen LogP contribution in [0.2, 0.25) is 0 Å². The molecule has 45 heavy (non-hydrogen) atoms. The third-order valence-corrected chi connectivity index (χ3v) is 6.08. The first-order chi connectivity index (χ1) is 21.5. The maximum Gasteiger partial charge on any atom is 0.411 e. The Hall–Kier alpha value is -5.59.